The van der Waals surface area contributed by atoms with Crippen molar-refractivity contribution in [3.8, 4) is 0 Å². The highest BCUT2D eigenvalue weighted by Crippen LogP contribution is 2.62. The third-order valence-corrected chi connectivity index (χ3v) is 13.5. The highest BCUT2D eigenvalue weighted by molar-refractivity contribution is 5.59. The summed E-state index contributed by atoms with van der Waals surface area (Å²) in [7, 11) is 0. The first-order chi connectivity index (χ1) is 23.0. The summed E-state index contributed by atoms with van der Waals surface area (Å²) >= 11 is 0. The standard InChI is InChI=1S/C40H50O8/c1-23-7-15-31-25(3)33(41-35-39(31)29(23)19-21-37(5,43-35)45-47-39)17-13-27-9-11-28(12-10-27)14-18-34-26(4)32-16-8-24(2)30-20-22-38(6)44-36(42-34)40(30,32)48-46-38/h9-14,17-18,23-24,29-32,35-36H,7-8,15-16,19-22H2,1-6H3/t23-,24-,29+,30+,31+,32+,35-,36-,37-,38-,39-,40-/m1/s1. The minimum Gasteiger partial charge on any atom is -0.462 e. The summed E-state index contributed by atoms with van der Waals surface area (Å²) in [6, 6.07) is 8.56. The van der Waals surface area contributed by atoms with Crippen LogP contribution in [0.4, 0.5) is 0 Å². The van der Waals surface area contributed by atoms with E-state index >= 15 is 0 Å². The number of allylic oxidation sites excluding steroid dienone is 2. The van der Waals surface area contributed by atoms with Crippen LogP contribution in [0.15, 0.2) is 59.1 Å². The lowest BCUT2D eigenvalue weighted by Crippen LogP contribution is -2.66. The predicted octanol–water partition coefficient (Wildman–Crippen LogP) is 8.75. The number of benzene rings is 1. The molecule has 0 radical (unpaired) electrons. The molecular weight excluding hydrogens is 608 g/mol. The molecule has 8 fully saturated rings. The Balaban J connectivity index is 0.937. The average Bonchev–Trinajstić information content (AvgIpc) is 3.45. The van der Waals surface area contributed by atoms with Gasteiger partial charge >= 0.3 is 0 Å². The first-order valence-electron chi connectivity index (χ1n) is 18.3. The van der Waals surface area contributed by atoms with Crippen LogP contribution in [0.2, 0.25) is 0 Å². The topological polar surface area (TPSA) is 73.8 Å². The molecule has 8 nitrogen and oxygen atoms in total. The maximum atomic E-state index is 6.63. The van der Waals surface area contributed by atoms with Gasteiger partial charge in [-0.1, -0.05) is 50.3 Å². The van der Waals surface area contributed by atoms with Crippen LogP contribution in [-0.2, 0) is 38.5 Å². The fourth-order valence-electron chi connectivity index (χ4n) is 10.7. The van der Waals surface area contributed by atoms with Gasteiger partial charge in [0.2, 0.25) is 24.2 Å². The summed E-state index contributed by atoms with van der Waals surface area (Å²) in [5, 5.41) is 0. The monoisotopic (exact) mass is 658 g/mol. The molecule has 0 aromatic heterocycles. The second kappa shape index (κ2) is 11.0. The molecule has 6 saturated heterocycles. The largest absolute Gasteiger partial charge is 0.462 e. The van der Waals surface area contributed by atoms with Crippen LogP contribution >= 0.6 is 0 Å². The van der Waals surface area contributed by atoms with Gasteiger partial charge in [-0.2, -0.15) is 0 Å². The van der Waals surface area contributed by atoms with E-state index in [1.54, 1.807) is 0 Å². The number of rotatable bonds is 4. The van der Waals surface area contributed by atoms with Gasteiger partial charge in [0, 0.05) is 36.5 Å². The number of ether oxygens (including phenoxy) is 4. The molecule has 0 unspecified atom stereocenters. The third-order valence-electron chi connectivity index (χ3n) is 13.5. The van der Waals surface area contributed by atoms with Gasteiger partial charge < -0.3 is 18.9 Å². The van der Waals surface area contributed by atoms with Gasteiger partial charge in [0.1, 0.15) is 11.5 Å². The van der Waals surface area contributed by atoms with Crippen LogP contribution < -0.4 is 0 Å². The molecule has 12 atom stereocenters. The van der Waals surface area contributed by atoms with Crippen LogP contribution in [0.5, 0.6) is 0 Å². The van der Waals surface area contributed by atoms with Gasteiger partial charge in [0.25, 0.3) is 0 Å². The van der Waals surface area contributed by atoms with E-state index in [9.17, 15) is 0 Å². The van der Waals surface area contributed by atoms with Crippen LogP contribution in [0.3, 0.4) is 0 Å². The van der Waals surface area contributed by atoms with Crippen molar-refractivity contribution < 1.29 is 38.5 Å². The van der Waals surface area contributed by atoms with Crippen molar-refractivity contribution in [1.82, 2.24) is 0 Å². The molecule has 1 aromatic rings. The minimum atomic E-state index is -0.778. The Hall–Kier alpha value is -2.46. The lowest BCUT2D eigenvalue weighted by atomic mass is 9.59. The van der Waals surface area contributed by atoms with E-state index in [0.29, 0.717) is 23.7 Å². The van der Waals surface area contributed by atoms with Gasteiger partial charge in [-0.15, -0.1) is 0 Å². The molecule has 4 bridgehead atoms. The molecule has 11 rings (SSSR count). The highest BCUT2D eigenvalue weighted by atomic mass is 17.3. The van der Waals surface area contributed by atoms with E-state index in [1.165, 1.54) is 24.0 Å². The van der Waals surface area contributed by atoms with Crippen molar-refractivity contribution in [2.45, 2.75) is 128 Å². The molecule has 0 amide bonds. The zero-order valence-electron chi connectivity index (χ0n) is 29.2. The zero-order valence-corrected chi connectivity index (χ0v) is 29.2. The van der Waals surface area contributed by atoms with Gasteiger partial charge in [0.05, 0.1) is 0 Å². The molecule has 1 aromatic carbocycles. The molecule has 2 aliphatic carbocycles. The van der Waals surface area contributed by atoms with Crippen LogP contribution in [0.25, 0.3) is 12.2 Å². The highest BCUT2D eigenvalue weighted by Gasteiger charge is 2.69. The maximum Gasteiger partial charge on any atom is 0.235 e. The van der Waals surface area contributed by atoms with Crippen molar-refractivity contribution >= 4 is 12.2 Å². The zero-order chi connectivity index (χ0) is 33.1. The summed E-state index contributed by atoms with van der Waals surface area (Å²) in [4.78, 5) is 24.5. The Morgan fingerprint density at radius 2 is 0.979 bits per heavy atom. The summed E-state index contributed by atoms with van der Waals surface area (Å²) in [6.07, 6.45) is 15.6. The number of hydrogen-bond donors (Lipinski definition) is 0. The SMILES string of the molecule is CC1=C(C=Cc2ccc(C=CC3=C(C)[C@@H]4CC[C@@H](C)[C@@H]5CC[C@@]6(C)OO[C@@]45[C@H](O3)O6)cc2)O[C@@H]2O[C@@]3(C)CC[C@H]4[C@H](C)CC[C@@H]1[C@@]24OO3. The van der Waals surface area contributed by atoms with E-state index in [4.69, 9.17) is 38.5 Å². The van der Waals surface area contributed by atoms with Crippen molar-refractivity contribution in [1.29, 1.82) is 0 Å². The fraction of sp³-hybridized carbons (Fsp3) is 0.650. The third kappa shape index (κ3) is 4.55. The lowest BCUT2D eigenvalue weighted by Gasteiger charge is -2.57. The van der Waals surface area contributed by atoms with Gasteiger partial charge in [-0.25, -0.2) is 19.6 Å². The number of hydrogen-bond acceptors (Lipinski definition) is 8. The second-order valence-corrected chi connectivity index (χ2v) is 16.4. The van der Waals surface area contributed by atoms with Gasteiger partial charge in [-0.05, 0) is 112 Å². The average molecular weight is 659 g/mol. The molecule has 8 heteroatoms. The molecule has 10 aliphatic rings. The normalized spacial score (nSPS) is 47.8. The first-order valence-corrected chi connectivity index (χ1v) is 18.3. The predicted molar refractivity (Wildman–Crippen MR) is 178 cm³/mol. The summed E-state index contributed by atoms with van der Waals surface area (Å²) in [5.74, 6) is 2.35. The molecule has 258 valence electrons. The second-order valence-electron chi connectivity index (χ2n) is 16.4. The Morgan fingerprint density at radius 3 is 1.40 bits per heavy atom. The smallest absolute Gasteiger partial charge is 0.235 e. The van der Waals surface area contributed by atoms with E-state index in [1.807, 2.05) is 13.8 Å². The number of fused-ring (bicyclic) bond motifs is 4. The lowest BCUT2D eigenvalue weighted by molar-refractivity contribution is -0.556. The van der Waals surface area contributed by atoms with Crippen LogP contribution in [0.1, 0.15) is 104 Å². The van der Waals surface area contributed by atoms with Crippen LogP contribution in [-0.4, -0.2) is 35.4 Å². The van der Waals surface area contributed by atoms with E-state index in [-0.39, 0.29) is 11.8 Å². The molecule has 8 heterocycles. The molecule has 48 heavy (non-hydrogen) atoms. The molecule has 2 spiro atoms. The summed E-state index contributed by atoms with van der Waals surface area (Å²) in [5.41, 5.74) is 3.45. The Kier molecular flexibility index (Phi) is 7.23. The van der Waals surface area contributed by atoms with E-state index in [0.717, 1.165) is 61.2 Å². The molecule has 8 aliphatic heterocycles. The van der Waals surface area contributed by atoms with Gasteiger partial charge in [-0.3, -0.25) is 0 Å². The minimum absolute atomic E-state index is 0.199. The molecular formula is C40H50O8. The van der Waals surface area contributed by atoms with Crippen molar-refractivity contribution in [3.63, 3.8) is 0 Å². The quantitative estimate of drug-likeness (QED) is 0.298. The molecule has 0 N–H and O–H groups in total. The van der Waals surface area contributed by atoms with Crippen molar-refractivity contribution in [3.05, 3.63) is 70.2 Å². The van der Waals surface area contributed by atoms with E-state index < -0.39 is 35.4 Å². The Morgan fingerprint density at radius 1 is 0.562 bits per heavy atom. The Labute approximate surface area is 284 Å². The fourth-order valence-corrected chi connectivity index (χ4v) is 10.7. The molecule has 2 saturated carbocycles. The van der Waals surface area contributed by atoms with Gasteiger partial charge in [0.15, 0.2) is 11.2 Å². The summed E-state index contributed by atoms with van der Waals surface area (Å²) < 4.78 is 26.3. The summed E-state index contributed by atoms with van der Waals surface area (Å²) in [6.45, 7) is 13.0. The van der Waals surface area contributed by atoms with Crippen molar-refractivity contribution in [2.24, 2.45) is 35.5 Å². The Bertz CT molecular complexity index is 1480. The van der Waals surface area contributed by atoms with E-state index in [2.05, 4.69) is 76.3 Å². The van der Waals surface area contributed by atoms with Crippen LogP contribution in [0, 0.1) is 35.5 Å². The first kappa shape index (κ1) is 31.5. The maximum absolute atomic E-state index is 6.63. The van der Waals surface area contributed by atoms with Crippen molar-refractivity contribution in [2.75, 3.05) is 0 Å².